The average Bonchev–Trinajstić information content (AvgIpc) is 3.38. The lowest BCUT2D eigenvalue weighted by Crippen LogP contribution is -2.24. The molecule has 0 radical (unpaired) electrons. The Morgan fingerprint density at radius 2 is 1.76 bits per heavy atom. The summed E-state index contributed by atoms with van der Waals surface area (Å²) in [5.41, 5.74) is 2.55. The average molecular weight is 644 g/mol. The molecule has 1 atom stereocenters. The molecule has 45 heavy (non-hydrogen) atoms. The van der Waals surface area contributed by atoms with E-state index in [9.17, 15) is 35.9 Å². The summed E-state index contributed by atoms with van der Waals surface area (Å²) in [4.78, 5) is 16.9. The summed E-state index contributed by atoms with van der Waals surface area (Å²) in [6, 6.07) is 19.1. The molecule has 10 nitrogen and oxygen atoms in total. The van der Waals surface area contributed by atoms with E-state index >= 15 is 0 Å². The second-order valence-corrected chi connectivity index (χ2v) is 12.0. The van der Waals surface area contributed by atoms with Gasteiger partial charge in [-0.25, -0.2) is 17.3 Å². The Morgan fingerprint density at radius 3 is 2.42 bits per heavy atom. The fourth-order valence-corrected chi connectivity index (χ4v) is 5.04. The van der Waals surface area contributed by atoms with Crippen LogP contribution in [0.5, 0.6) is 5.75 Å². The summed E-state index contributed by atoms with van der Waals surface area (Å²) in [6.07, 6.45) is -1.99. The number of aromatic nitrogens is 3. The van der Waals surface area contributed by atoms with Crippen LogP contribution in [0.25, 0.3) is 16.8 Å². The molecule has 1 unspecified atom stereocenters. The molecule has 234 valence electrons. The number of pyridine rings is 1. The second-order valence-electron chi connectivity index (χ2n) is 9.97. The number of hydrogen-bond acceptors (Lipinski definition) is 8. The van der Waals surface area contributed by atoms with E-state index in [1.54, 1.807) is 48.7 Å². The summed E-state index contributed by atoms with van der Waals surface area (Å²) >= 11 is 0. The van der Waals surface area contributed by atoms with Gasteiger partial charge in [-0.05, 0) is 65.7 Å². The first kappa shape index (κ1) is 31.4. The van der Waals surface area contributed by atoms with Crippen molar-refractivity contribution in [2.45, 2.75) is 17.0 Å². The Hall–Kier alpha value is -5.02. The minimum absolute atomic E-state index is 0.0237. The maximum absolute atomic E-state index is 13.6. The number of alkyl halides is 3. The number of anilines is 3. The smallest absolute Gasteiger partial charge is 0.422 e. The molecule has 2 aromatic heterocycles. The monoisotopic (exact) mass is 643 g/mol. The number of carbonyl (C=O) groups is 1. The molecule has 0 spiro atoms. The van der Waals surface area contributed by atoms with E-state index in [2.05, 4.69) is 20.7 Å². The van der Waals surface area contributed by atoms with E-state index in [4.69, 9.17) is 4.74 Å². The number of hydrogen-bond donors (Lipinski definition) is 3. The third-order valence-corrected chi connectivity index (χ3v) is 7.69. The largest absolute Gasteiger partial charge is 0.482 e. The van der Waals surface area contributed by atoms with Crippen LogP contribution in [0.15, 0.2) is 90.0 Å². The number of nitrogens with one attached hydrogen (secondary N) is 2. The Bertz CT molecular complexity index is 1960. The van der Waals surface area contributed by atoms with Gasteiger partial charge in [0, 0.05) is 23.7 Å². The number of nitrogens with zero attached hydrogens (tertiary/aromatic N) is 3. The molecule has 0 saturated heterocycles. The van der Waals surface area contributed by atoms with Crippen molar-refractivity contribution in [3.05, 3.63) is 96.4 Å². The van der Waals surface area contributed by atoms with Gasteiger partial charge in [-0.2, -0.15) is 18.2 Å². The number of sulfone groups is 1. The molecule has 5 rings (SSSR count). The lowest BCUT2D eigenvalue weighted by Gasteiger charge is -2.15. The second kappa shape index (κ2) is 12.5. The van der Waals surface area contributed by atoms with E-state index in [0.717, 1.165) is 30.0 Å². The van der Waals surface area contributed by atoms with Crippen LogP contribution in [0.1, 0.15) is 11.5 Å². The van der Waals surface area contributed by atoms with Gasteiger partial charge in [-0.15, -0.1) is 5.10 Å². The van der Waals surface area contributed by atoms with E-state index in [1.807, 2.05) is 0 Å². The highest BCUT2D eigenvalue weighted by Crippen LogP contribution is 2.32. The van der Waals surface area contributed by atoms with Crippen LogP contribution < -0.4 is 15.4 Å². The maximum Gasteiger partial charge on any atom is 0.422 e. The number of aliphatic hydroxyl groups excluding tert-OH is 1. The zero-order valence-electron chi connectivity index (χ0n) is 23.4. The number of carbonyl (C=O) groups excluding carboxylic acids is 1. The number of rotatable bonds is 10. The predicted molar refractivity (Wildman–Crippen MR) is 158 cm³/mol. The van der Waals surface area contributed by atoms with Crippen molar-refractivity contribution in [2.75, 3.05) is 30.1 Å². The van der Waals surface area contributed by atoms with Crippen LogP contribution in [0.3, 0.4) is 0 Å². The molecular formula is C30H25F4N5O5S. The van der Waals surface area contributed by atoms with E-state index in [1.165, 1.54) is 22.7 Å². The van der Waals surface area contributed by atoms with E-state index in [0.29, 0.717) is 22.5 Å². The normalized spacial score (nSPS) is 12.6. The van der Waals surface area contributed by atoms with Crippen molar-refractivity contribution in [3.63, 3.8) is 0 Å². The number of aliphatic hydroxyl groups is 1. The molecule has 5 aromatic rings. The summed E-state index contributed by atoms with van der Waals surface area (Å²) in [7, 11) is -3.68. The van der Waals surface area contributed by atoms with Gasteiger partial charge in [0.1, 0.15) is 11.6 Å². The molecule has 3 aromatic carbocycles. The number of benzene rings is 3. The molecule has 0 aliphatic heterocycles. The van der Waals surface area contributed by atoms with Gasteiger partial charge < -0.3 is 20.5 Å². The lowest BCUT2D eigenvalue weighted by molar-refractivity contribution is -0.153. The molecule has 15 heteroatoms. The maximum atomic E-state index is 13.6. The first-order valence-electron chi connectivity index (χ1n) is 13.2. The molecule has 3 N–H and O–H groups in total. The van der Waals surface area contributed by atoms with E-state index < -0.39 is 46.9 Å². The van der Waals surface area contributed by atoms with Crippen LogP contribution in [0, 0.1) is 5.82 Å². The fraction of sp³-hybridized carbons (Fsp3) is 0.167. The minimum Gasteiger partial charge on any atom is -0.482 e. The van der Waals surface area contributed by atoms with Crippen molar-refractivity contribution >= 4 is 38.7 Å². The van der Waals surface area contributed by atoms with Crippen molar-refractivity contribution in [1.29, 1.82) is 0 Å². The van der Waals surface area contributed by atoms with Crippen molar-refractivity contribution in [1.82, 2.24) is 14.6 Å². The van der Waals surface area contributed by atoms with Crippen molar-refractivity contribution < 1.29 is 40.6 Å². The van der Waals surface area contributed by atoms with Crippen LogP contribution in [-0.4, -0.2) is 59.7 Å². The Labute approximate surface area is 254 Å². The molecule has 0 fully saturated rings. The van der Waals surface area contributed by atoms with Crippen LogP contribution in [-0.2, 0) is 14.6 Å². The first-order valence-corrected chi connectivity index (χ1v) is 15.1. The highest BCUT2D eigenvalue weighted by Gasteiger charge is 2.29. The van der Waals surface area contributed by atoms with Crippen LogP contribution >= 0.6 is 0 Å². The predicted octanol–water partition coefficient (Wildman–Crippen LogP) is 5.34. The summed E-state index contributed by atoms with van der Waals surface area (Å²) in [5, 5.41) is 19.5. The fourth-order valence-electron chi connectivity index (χ4n) is 4.39. The van der Waals surface area contributed by atoms with Gasteiger partial charge in [0.05, 0.1) is 23.1 Å². The molecule has 0 saturated carbocycles. The van der Waals surface area contributed by atoms with Crippen molar-refractivity contribution in [3.8, 4) is 16.9 Å². The van der Waals surface area contributed by atoms with Gasteiger partial charge in [0.25, 0.3) is 0 Å². The summed E-state index contributed by atoms with van der Waals surface area (Å²) in [6.45, 7) is -2.09. The molecule has 0 bridgehead atoms. The third kappa shape index (κ3) is 7.74. The van der Waals surface area contributed by atoms with Crippen LogP contribution in [0.2, 0.25) is 0 Å². The highest BCUT2D eigenvalue weighted by atomic mass is 32.2. The SMILES string of the molecule is CS(=O)(=O)c1ccc(OCC(F)(F)F)c(Nc2nc3ccc(-c4ccc(NC(=O)C(CO)c5cccc(F)c5)cc4)cn3n2)c1. The zero-order valence-corrected chi connectivity index (χ0v) is 24.2. The topological polar surface area (TPSA) is 135 Å². The quantitative estimate of drug-likeness (QED) is 0.174. The zero-order chi connectivity index (χ0) is 32.4. The van der Waals surface area contributed by atoms with Gasteiger partial charge in [-0.3, -0.25) is 4.79 Å². The molecule has 0 aliphatic carbocycles. The van der Waals surface area contributed by atoms with E-state index in [-0.39, 0.29) is 22.3 Å². The first-order chi connectivity index (χ1) is 21.3. The minimum atomic E-state index is -4.61. The number of ether oxygens (including phenoxy) is 1. The summed E-state index contributed by atoms with van der Waals surface area (Å²) in [5.74, 6) is -2.25. The van der Waals surface area contributed by atoms with Crippen molar-refractivity contribution in [2.24, 2.45) is 0 Å². The molecule has 1 amide bonds. The molecular weight excluding hydrogens is 618 g/mol. The Kier molecular flexibility index (Phi) is 8.75. The van der Waals surface area contributed by atoms with Gasteiger partial charge in [-0.1, -0.05) is 24.3 Å². The summed E-state index contributed by atoms with van der Waals surface area (Å²) < 4.78 is 82.3. The Balaban J connectivity index is 1.34. The van der Waals surface area contributed by atoms with Gasteiger partial charge in [0.2, 0.25) is 11.9 Å². The van der Waals surface area contributed by atoms with Gasteiger partial charge >= 0.3 is 6.18 Å². The number of amides is 1. The molecule has 2 heterocycles. The highest BCUT2D eigenvalue weighted by molar-refractivity contribution is 7.90. The van der Waals surface area contributed by atoms with Gasteiger partial charge in [0.15, 0.2) is 22.1 Å². The lowest BCUT2D eigenvalue weighted by atomic mass is 9.99. The third-order valence-electron chi connectivity index (χ3n) is 6.58. The molecule has 0 aliphatic rings. The standard InChI is InChI=1S/C30H25F4N5O5S/c1-45(42,43)23-10-11-26(44-17-30(32,33)34)25(14-23)36-29-37-27-12-7-20(15-39(27)38-29)18-5-8-22(9-6-18)35-28(41)24(16-40)19-3-2-4-21(31)13-19/h2-15,24,40H,16-17H2,1H3,(H,35,41)(H,36,38). The number of fused-ring (bicyclic) bond motifs is 1. The van der Waals surface area contributed by atoms with Crippen LogP contribution in [0.4, 0.5) is 34.9 Å². The Morgan fingerprint density at radius 1 is 1.02 bits per heavy atom. The number of halogens is 4.